The molecule has 0 saturated carbocycles. The van der Waals surface area contributed by atoms with Crippen LogP contribution in [0.3, 0.4) is 0 Å². The minimum Gasteiger partial charge on any atom is -0.365 e. The second kappa shape index (κ2) is 14.8. The molecule has 0 amide bonds. The molecule has 0 saturated heterocycles. The van der Waals surface area contributed by atoms with E-state index in [1.807, 2.05) is 28.2 Å². The Morgan fingerprint density at radius 1 is 0.833 bits per heavy atom. The molecule has 0 aromatic carbocycles. The number of aliphatic hydroxyl groups excluding tert-OH is 1. The average Bonchev–Trinajstić information content (AvgIpc) is 1.64. The normalized spacial score (nSPS) is 8.00. The average molecular weight is 303 g/mol. The summed E-state index contributed by atoms with van der Waals surface area (Å²) in [6.07, 6.45) is -0.463. The first-order chi connectivity index (χ1) is 3.55. The Hall–Kier alpha value is 1.26. The fourth-order valence-electron chi connectivity index (χ4n) is 0.462. The van der Waals surface area contributed by atoms with E-state index in [1.165, 1.54) is 0 Å². The Morgan fingerprint density at radius 2 is 1.00 bits per heavy atom. The van der Waals surface area contributed by atoms with Gasteiger partial charge in [0.15, 0.2) is 6.35 Å². The molecule has 1 N–H and O–H groups in total. The Morgan fingerprint density at radius 3 is 1.00 bits per heavy atom. The number of aliphatic hydroxyl groups is 1. The summed E-state index contributed by atoms with van der Waals surface area (Å²) in [5.41, 5.74) is 0. The van der Waals surface area contributed by atoms with Crippen LogP contribution in [0.4, 0.5) is 0 Å². The Labute approximate surface area is 113 Å². The van der Waals surface area contributed by atoms with Gasteiger partial charge in [-0.1, -0.05) is 0 Å². The molecular formula is C8H23CeN2O. The van der Waals surface area contributed by atoms with Crippen molar-refractivity contribution in [2.75, 3.05) is 28.2 Å². The van der Waals surface area contributed by atoms with Crippen molar-refractivity contribution >= 4 is 0 Å². The van der Waals surface area contributed by atoms with E-state index in [4.69, 9.17) is 5.11 Å². The Kier molecular flexibility index (Phi) is 35.9. The van der Waals surface area contributed by atoms with Crippen LogP contribution in [0.5, 0.6) is 0 Å². The third kappa shape index (κ3) is 13.8. The largest absolute Gasteiger partial charge is 3.00 e. The molecule has 0 spiro atoms. The summed E-state index contributed by atoms with van der Waals surface area (Å²) in [5.74, 6) is 0. The maximum absolute atomic E-state index is 9.06. The molecule has 0 aliphatic carbocycles. The van der Waals surface area contributed by atoms with Crippen LogP contribution < -0.4 is 0 Å². The van der Waals surface area contributed by atoms with Gasteiger partial charge in [0.1, 0.15) is 0 Å². The van der Waals surface area contributed by atoms with Gasteiger partial charge in [0, 0.05) is 0 Å². The molecule has 0 fully saturated rings. The van der Waals surface area contributed by atoms with Crippen molar-refractivity contribution in [1.29, 1.82) is 0 Å². The van der Waals surface area contributed by atoms with Crippen LogP contribution in [0.15, 0.2) is 0 Å². The standard InChI is InChI=1S/C5H14N2O.3CH3.Ce/c1-6(2)5(8)7(3)4;;;;/h5,8H,1-4H3;3*1H3;/q;3*-1;+3. The summed E-state index contributed by atoms with van der Waals surface area (Å²) >= 11 is 0. The molecule has 0 aliphatic rings. The van der Waals surface area contributed by atoms with E-state index in [0.717, 1.165) is 0 Å². The third-order valence-corrected chi connectivity index (χ3v) is 0.924. The van der Waals surface area contributed by atoms with Crippen molar-refractivity contribution in [2.45, 2.75) is 6.35 Å². The first kappa shape index (κ1) is 29.2. The molecule has 0 aromatic rings. The van der Waals surface area contributed by atoms with Gasteiger partial charge in [0.2, 0.25) is 0 Å². The summed E-state index contributed by atoms with van der Waals surface area (Å²) in [5, 5.41) is 9.06. The molecule has 1 radical (unpaired) electrons. The molecule has 0 aliphatic heterocycles. The Balaban J connectivity index is -0.0000000408. The fourth-order valence-corrected chi connectivity index (χ4v) is 0.462. The van der Waals surface area contributed by atoms with E-state index in [2.05, 4.69) is 0 Å². The van der Waals surface area contributed by atoms with Gasteiger partial charge >= 0.3 is 41.7 Å². The van der Waals surface area contributed by atoms with E-state index < -0.39 is 6.35 Å². The van der Waals surface area contributed by atoms with Crippen LogP contribution in [0.2, 0.25) is 0 Å². The molecule has 0 unspecified atom stereocenters. The molecule has 0 bridgehead atoms. The quantitative estimate of drug-likeness (QED) is 0.602. The van der Waals surface area contributed by atoms with Crippen LogP contribution >= 0.6 is 0 Å². The third-order valence-electron chi connectivity index (χ3n) is 0.924. The second-order valence-corrected chi connectivity index (χ2v) is 2.27. The van der Waals surface area contributed by atoms with Crippen molar-refractivity contribution < 1.29 is 46.9 Å². The summed E-state index contributed by atoms with van der Waals surface area (Å²) < 4.78 is 0. The molecule has 0 aromatic heterocycles. The van der Waals surface area contributed by atoms with Gasteiger partial charge in [-0.25, -0.2) is 0 Å². The van der Waals surface area contributed by atoms with Crippen LogP contribution in [0, 0.1) is 64.0 Å². The van der Waals surface area contributed by atoms with E-state index >= 15 is 0 Å². The molecule has 4 heteroatoms. The summed E-state index contributed by atoms with van der Waals surface area (Å²) in [7, 11) is 7.30. The van der Waals surface area contributed by atoms with Crippen LogP contribution in [-0.2, 0) is 0 Å². The van der Waals surface area contributed by atoms with Crippen molar-refractivity contribution in [3.8, 4) is 0 Å². The predicted molar refractivity (Wildman–Crippen MR) is 52.6 cm³/mol. The van der Waals surface area contributed by atoms with Crippen LogP contribution in [-0.4, -0.2) is 49.4 Å². The van der Waals surface area contributed by atoms with Crippen LogP contribution in [0.25, 0.3) is 0 Å². The van der Waals surface area contributed by atoms with E-state index in [0.29, 0.717) is 0 Å². The SMILES string of the molecule is CN(C)C(O)N(C)C.[CH3-].[CH3-].[CH3-].[Ce+3]. The van der Waals surface area contributed by atoms with Gasteiger partial charge in [-0.3, -0.25) is 9.80 Å². The van der Waals surface area contributed by atoms with Gasteiger partial charge in [-0.05, 0) is 28.2 Å². The van der Waals surface area contributed by atoms with Gasteiger partial charge in [0.05, 0.1) is 0 Å². The van der Waals surface area contributed by atoms with Crippen molar-refractivity contribution in [1.82, 2.24) is 9.80 Å². The predicted octanol–water partition coefficient (Wildman–Crippen LogP) is 0.736. The van der Waals surface area contributed by atoms with Crippen molar-refractivity contribution in [3.05, 3.63) is 22.3 Å². The van der Waals surface area contributed by atoms with E-state index in [9.17, 15) is 0 Å². The molecular weight excluding hydrogens is 280 g/mol. The minimum atomic E-state index is -0.463. The zero-order valence-corrected chi connectivity index (χ0v) is 12.6. The van der Waals surface area contributed by atoms with E-state index in [-0.39, 0.29) is 64.0 Å². The van der Waals surface area contributed by atoms with Gasteiger partial charge < -0.3 is 27.4 Å². The molecule has 0 rings (SSSR count). The first-order valence-corrected chi connectivity index (χ1v) is 2.56. The monoisotopic (exact) mass is 303 g/mol. The topological polar surface area (TPSA) is 26.7 Å². The number of nitrogens with zero attached hydrogens (tertiary/aromatic N) is 2. The zero-order chi connectivity index (χ0) is 6.73. The number of hydrogen-bond acceptors (Lipinski definition) is 3. The summed E-state index contributed by atoms with van der Waals surface area (Å²) in [6, 6.07) is 0. The minimum absolute atomic E-state index is 0. The molecule has 0 atom stereocenters. The maximum atomic E-state index is 9.06. The molecule has 0 heterocycles. The van der Waals surface area contributed by atoms with Crippen molar-refractivity contribution in [2.24, 2.45) is 0 Å². The van der Waals surface area contributed by atoms with Crippen LogP contribution in [0.1, 0.15) is 0 Å². The Bertz CT molecular complexity index is 62.1. The fraction of sp³-hybridized carbons (Fsp3) is 0.625. The van der Waals surface area contributed by atoms with Crippen molar-refractivity contribution in [3.63, 3.8) is 0 Å². The van der Waals surface area contributed by atoms with Gasteiger partial charge in [-0.2, -0.15) is 0 Å². The van der Waals surface area contributed by atoms with Gasteiger partial charge in [0.25, 0.3) is 0 Å². The summed E-state index contributed by atoms with van der Waals surface area (Å²) in [6.45, 7) is 0. The number of rotatable bonds is 2. The molecule has 12 heavy (non-hydrogen) atoms. The first-order valence-electron chi connectivity index (χ1n) is 2.56. The second-order valence-electron chi connectivity index (χ2n) is 2.27. The molecule has 3 nitrogen and oxygen atoms in total. The van der Waals surface area contributed by atoms with E-state index in [1.54, 1.807) is 9.80 Å². The number of hydrogen-bond donors (Lipinski definition) is 1. The summed E-state index contributed by atoms with van der Waals surface area (Å²) in [4.78, 5) is 3.44. The van der Waals surface area contributed by atoms with Gasteiger partial charge in [-0.15, -0.1) is 0 Å². The smallest absolute Gasteiger partial charge is 0.365 e. The maximum Gasteiger partial charge on any atom is 3.00 e. The zero-order valence-electron chi connectivity index (χ0n) is 9.42. The molecule has 75 valence electrons.